The second-order valence-electron chi connectivity index (χ2n) is 5.77. The van der Waals surface area contributed by atoms with Crippen molar-refractivity contribution in [2.75, 3.05) is 47.5 Å². The molecule has 160 valence electrons. The lowest BCUT2D eigenvalue weighted by Crippen LogP contribution is -2.43. The molecule has 0 spiro atoms. The van der Waals surface area contributed by atoms with Crippen molar-refractivity contribution in [3.05, 3.63) is 29.8 Å². The van der Waals surface area contributed by atoms with Crippen molar-refractivity contribution in [2.45, 2.75) is 12.7 Å². The summed E-state index contributed by atoms with van der Waals surface area (Å²) >= 11 is 0. The molecule has 2 N–H and O–H groups in total. The number of alkyl halides is 3. The summed E-state index contributed by atoms with van der Waals surface area (Å²) in [6, 6.07) is 6.18. The highest BCUT2D eigenvalue weighted by molar-refractivity contribution is 14.0. The van der Waals surface area contributed by atoms with Crippen molar-refractivity contribution in [1.29, 1.82) is 0 Å². The maximum atomic E-state index is 12.1. The second kappa shape index (κ2) is 13.4. The smallest absolute Gasteiger partial charge is 0.422 e. The SMILES string of the molecule is COCCNC(=NCc1ccc(OCC(F)(F)F)cc1)NCC(=O)N(C)C.I. The molecule has 0 aromatic heterocycles. The first-order valence-electron chi connectivity index (χ1n) is 8.21. The Bertz CT molecular complexity index is 611. The number of hydrogen-bond acceptors (Lipinski definition) is 4. The molecule has 0 fully saturated rings. The van der Waals surface area contributed by atoms with Gasteiger partial charge in [-0.1, -0.05) is 12.1 Å². The average molecular weight is 518 g/mol. The molecule has 1 aromatic rings. The van der Waals surface area contributed by atoms with Crippen LogP contribution in [-0.4, -0.2) is 70.5 Å². The van der Waals surface area contributed by atoms with Crippen molar-refractivity contribution < 1.29 is 27.4 Å². The molecule has 0 bridgehead atoms. The summed E-state index contributed by atoms with van der Waals surface area (Å²) < 4.78 is 46.1. The van der Waals surface area contributed by atoms with E-state index in [4.69, 9.17) is 4.74 Å². The summed E-state index contributed by atoms with van der Waals surface area (Å²) in [6.45, 7) is -0.00771. The van der Waals surface area contributed by atoms with Gasteiger partial charge in [-0.2, -0.15) is 13.2 Å². The van der Waals surface area contributed by atoms with Gasteiger partial charge in [0.1, 0.15) is 5.75 Å². The minimum absolute atomic E-state index is 0. The van der Waals surface area contributed by atoms with Crippen LogP contribution < -0.4 is 15.4 Å². The van der Waals surface area contributed by atoms with Crippen LogP contribution in [0.1, 0.15) is 5.56 Å². The Morgan fingerprint density at radius 3 is 2.36 bits per heavy atom. The zero-order chi connectivity index (χ0) is 20.3. The standard InChI is InChI=1S/C17H25F3N4O3.HI/c1-24(2)15(25)11-23-16(21-8-9-26-3)22-10-13-4-6-14(7-5-13)27-12-17(18,19)20;/h4-7H,8-12H2,1-3H3,(H2,21,22,23);1H. The van der Waals surface area contributed by atoms with Gasteiger partial charge in [0.15, 0.2) is 12.6 Å². The molecule has 0 atom stereocenters. The van der Waals surface area contributed by atoms with E-state index in [-0.39, 0.29) is 48.7 Å². The van der Waals surface area contributed by atoms with Gasteiger partial charge in [0, 0.05) is 27.7 Å². The number of likely N-dealkylation sites (N-methyl/N-ethyl adjacent to an activating group) is 1. The molecule has 0 aliphatic heterocycles. The predicted octanol–water partition coefficient (Wildman–Crippen LogP) is 2.02. The van der Waals surface area contributed by atoms with E-state index in [1.54, 1.807) is 33.3 Å². The van der Waals surface area contributed by atoms with Gasteiger partial charge in [0.05, 0.1) is 19.7 Å². The Hall–Kier alpha value is -1.76. The first-order valence-corrected chi connectivity index (χ1v) is 8.21. The first-order chi connectivity index (χ1) is 12.7. The highest BCUT2D eigenvalue weighted by Gasteiger charge is 2.28. The summed E-state index contributed by atoms with van der Waals surface area (Å²) in [4.78, 5) is 17.5. The Balaban J connectivity index is 0.00000729. The van der Waals surface area contributed by atoms with E-state index in [1.807, 2.05) is 0 Å². The molecule has 7 nitrogen and oxygen atoms in total. The summed E-state index contributed by atoms with van der Waals surface area (Å²) in [7, 11) is 4.88. The quantitative estimate of drug-likeness (QED) is 0.227. The second-order valence-corrected chi connectivity index (χ2v) is 5.77. The number of ether oxygens (including phenoxy) is 2. The van der Waals surface area contributed by atoms with E-state index < -0.39 is 12.8 Å². The van der Waals surface area contributed by atoms with Gasteiger partial charge in [-0.15, -0.1) is 24.0 Å². The van der Waals surface area contributed by atoms with E-state index in [1.165, 1.54) is 17.0 Å². The minimum Gasteiger partial charge on any atom is -0.484 e. The number of aliphatic imine (C=N–C) groups is 1. The van der Waals surface area contributed by atoms with E-state index >= 15 is 0 Å². The van der Waals surface area contributed by atoms with E-state index in [9.17, 15) is 18.0 Å². The van der Waals surface area contributed by atoms with Crippen LogP contribution in [0.4, 0.5) is 13.2 Å². The predicted molar refractivity (Wildman–Crippen MR) is 111 cm³/mol. The summed E-state index contributed by atoms with van der Waals surface area (Å²) in [5.41, 5.74) is 0.779. The zero-order valence-electron chi connectivity index (χ0n) is 16.0. The van der Waals surface area contributed by atoms with Crippen molar-refractivity contribution in [1.82, 2.24) is 15.5 Å². The zero-order valence-corrected chi connectivity index (χ0v) is 18.3. The molecule has 1 aromatic carbocycles. The van der Waals surface area contributed by atoms with Crippen LogP contribution >= 0.6 is 24.0 Å². The number of halogens is 4. The topological polar surface area (TPSA) is 75.2 Å². The largest absolute Gasteiger partial charge is 0.484 e. The van der Waals surface area contributed by atoms with Crippen LogP contribution in [0, 0.1) is 0 Å². The lowest BCUT2D eigenvalue weighted by atomic mass is 10.2. The Morgan fingerprint density at radius 1 is 1.18 bits per heavy atom. The maximum Gasteiger partial charge on any atom is 0.422 e. The molecule has 0 aliphatic rings. The van der Waals surface area contributed by atoms with Crippen LogP contribution in [0.5, 0.6) is 5.75 Å². The monoisotopic (exact) mass is 518 g/mol. The number of rotatable bonds is 9. The van der Waals surface area contributed by atoms with Gasteiger partial charge >= 0.3 is 6.18 Å². The molecule has 28 heavy (non-hydrogen) atoms. The first kappa shape index (κ1) is 26.2. The minimum atomic E-state index is -4.37. The fourth-order valence-electron chi connectivity index (χ4n) is 1.79. The van der Waals surface area contributed by atoms with Crippen LogP contribution in [0.25, 0.3) is 0 Å². The van der Waals surface area contributed by atoms with Crippen molar-refractivity contribution in [3.8, 4) is 5.75 Å². The summed E-state index contributed by atoms with van der Waals surface area (Å²) in [5.74, 6) is 0.454. The number of hydrogen-bond donors (Lipinski definition) is 2. The molecule has 0 saturated heterocycles. The number of carbonyl (C=O) groups is 1. The normalized spacial score (nSPS) is 11.4. The molecule has 0 aliphatic carbocycles. The third-order valence-corrected chi connectivity index (χ3v) is 3.25. The lowest BCUT2D eigenvalue weighted by molar-refractivity contribution is -0.153. The fourth-order valence-corrected chi connectivity index (χ4v) is 1.79. The van der Waals surface area contributed by atoms with Gasteiger partial charge in [0.25, 0.3) is 0 Å². The van der Waals surface area contributed by atoms with E-state index in [2.05, 4.69) is 20.4 Å². The van der Waals surface area contributed by atoms with Gasteiger partial charge < -0.3 is 25.0 Å². The van der Waals surface area contributed by atoms with Gasteiger partial charge in [-0.05, 0) is 17.7 Å². The van der Waals surface area contributed by atoms with E-state index in [0.717, 1.165) is 5.56 Å². The molecular formula is C17H26F3IN4O3. The van der Waals surface area contributed by atoms with Crippen molar-refractivity contribution in [2.24, 2.45) is 4.99 Å². The molecule has 1 amide bonds. The molecule has 0 saturated carbocycles. The van der Waals surface area contributed by atoms with Crippen molar-refractivity contribution >= 4 is 35.8 Å². The number of nitrogens with one attached hydrogen (secondary N) is 2. The van der Waals surface area contributed by atoms with Gasteiger partial charge in [-0.3, -0.25) is 4.79 Å². The molecule has 0 unspecified atom stereocenters. The van der Waals surface area contributed by atoms with Gasteiger partial charge in [-0.25, -0.2) is 4.99 Å². The Morgan fingerprint density at radius 2 is 1.82 bits per heavy atom. The third-order valence-electron chi connectivity index (χ3n) is 3.25. The van der Waals surface area contributed by atoms with E-state index in [0.29, 0.717) is 19.1 Å². The molecule has 1 rings (SSSR count). The fraction of sp³-hybridized carbons (Fsp3) is 0.529. The van der Waals surface area contributed by atoms with Crippen LogP contribution in [0.2, 0.25) is 0 Å². The Kier molecular flexibility index (Phi) is 12.6. The van der Waals surface area contributed by atoms with Crippen LogP contribution in [-0.2, 0) is 16.1 Å². The van der Waals surface area contributed by atoms with Gasteiger partial charge in [0.2, 0.25) is 5.91 Å². The van der Waals surface area contributed by atoms with Crippen LogP contribution in [0.3, 0.4) is 0 Å². The van der Waals surface area contributed by atoms with Crippen molar-refractivity contribution in [3.63, 3.8) is 0 Å². The average Bonchev–Trinajstić information content (AvgIpc) is 2.61. The number of carbonyl (C=O) groups excluding carboxylic acids is 1. The maximum absolute atomic E-state index is 12.1. The number of nitrogens with zero attached hydrogens (tertiary/aromatic N) is 2. The molecule has 0 heterocycles. The highest BCUT2D eigenvalue weighted by atomic mass is 127. The number of benzene rings is 1. The third kappa shape index (κ3) is 11.8. The Labute approximate surface area is 179 Å². The summed E-state index contributed by atoms with van der Waals surface area (Å²) in [5, 5.41) is 5.95. The molecule has 0 radical (unpaired) electrons. The number of methoxy groups -OCH3 is 1. The number of guanidine groups is 1. The lowest BCUT2D eigenvalue weighted by Gasteiger charge is -2.15. The number of amides is 1. The summed E-state index contributed by atoms with van der Waals surface area (Å²) in [6.07, 6.45) is -4.37. The highest BCUT2D eigenvalue weighted by Crippen LogP contribution is 2.19. The molecular weight excluding hydrogens is 492 g/mol. The van der Waals surface area contributed by atoms with Crippen LogP contribution in [0.15, 0.2) is 29.3 Å². The molecule has 11 heteroatoms.